The normalized spacial score (nSPS) is 25.1. The van der Waals surface area contributed by atoms with Gasteiger partial charge >= 0.3 is 0 Å². The van der Waals surface area contributed by atoms with E-state index in [4.69, 9.17) is 0 Å². The number of benzene rings is 1. The molecule has 0 spiro atoms. The Morgan fingerprint density at radius 3 is 3.00 bits per heavy atom. The van der Waals surface area contributed by atoms with Gasteiger partial charge in [-0.15, -0.1) is 0 Å². The van der Waals surface area contributed by atoms with Crippen LogP contribution in [0, 0.1) is 11.9 Å². The second kappa shape index (κ2) is 3.93. The van der Waals surface area contributed by atoms with Crippen molar-refractivity contribution >= 4 is 0 Å². The Kier molecular flexibility index (Phi) is 2.79. The van der Waals surface area contributed by atoms with Crippen LogP contribution in [-0.4, -0.2) is 5.54 Å². The lowest BCUT2D eigenvalue weighted by Crippen LogP contribution is -2.45. The molecule has 0 amide bonds. The van der Waals surface area contributed by atoms with Gasteiger partial charge in [0.15, 0.2) is 0 Å². The third kappa shape index (κ3) is 2.37. The van der Waals surface area contributed by atoms with Crippen molar-refractivity contribution in [1.29, 1.82) is 0 Å². The Morgan fingerprint density at radius 2 is 2.33 bits per heavy atom. The van der Waals surface area contributed by atoms with Crippen LogP contribution in [-0.2, 0) is 0 Å². The molecule has 1 unspecified atom stereocenters. The number of hydrogen-bond acceptors (Lipinski definition) is 1. The maximum atomic E-state index is 13.6. The molecule has 1 aliphatic heterocycles. The average Bonchev–Trinajstić information content (AvgIpc) is 2.17. The van der Waals surface area contributed by atoms with E-state index in [0.29, 0.717) is 0 Å². The fraction of sp³-hybridized carbons (Fsp3) is 0.538. The van der Waals surface area contributed by atoms with Gasteiger partial charge < -0.3 is 5.32 Å². The van der Waals surface area contributed by atoms with Gasteiger partial charge in [-0.25, -0.2) is 4.39 Å². The number of rotatable bonds is 1. The molecule has 1 aromatic rings. The van der Waals surface area contributed by atoms with Crippen molar-refractivity contribution in [3.8, 4) is 0 Å². The Balaban J connectivity index is 2.21. The highest BCUT2D eigenvalue weighted by Crippen LogP contribution is 2.31. The first-order chi connectivity index (χ1) is 7.08. The lowest BCUT2D eigenvalue weighted by Gasteiger charge is -2.37. The summed E-state index contributed by atoms with van der Waals surface area (Å²) in [5.74, 6) is -0.146. The highest BCUT2D eigenvalue weighted by atomic mass is 19.1. The Labute approximate surface area is 90.7 Å². The molecule has 1 radical (unpaired) electrons. The first-order valence-electron chi connectivity index (χ1n) is 5.52. The predicted molar refractivity (Wildman–Crippen MR) is 59.0 cm³/mol. The fourth-order valence-electron chi connectivity index (χ4n) is 2.30. The summed E-state index contributed by atoms with van der Waals surface area (Å²) in [4.78, 5) is 0. The molecular weight excluding hydrogens is 189 g/mol. The summed E-state index contributed by atoms with van der Waals surface area (Å²) in [5, 5.41) is 3.50. The van der Waals surface area contributed by atoms with Crippen LogP contribution in [0.1, 0.15) is 44.7 Å². The van der Waals surface area contributed by atoms with Crippen molar-refractivity contribution in [2.75, 3.05) is 0 Å². The van der Waals surface area contributed by atoms with E-state index in [-0.39, 0.29) is 17.4 Å². The monoisotopic (exact) mass is 206 g/mol. The maximum absolute atomic E-state index is 13.6. The van der Waals surface area contributed by atoms with Gasteiger partial charge in [0.05, 0.1) is 0 Å². The lowest BCUT2D eigenvalue weighted by molar-refractivity contribution is 0.242. The molecule has 1 aliphatic rings. The van der Waals surface area contributed by atoms with Gasteiger partial charge in [0.25, 0.3) is 0 Å². The highest BCUT2D eigenvalue weighted by Gasteiger charge is 2.28. The molecular formula is C13H17FN. The SMILES string of the molecule is CC1(C)CCCC(c2cc[c]cc2F)N1. The Morgan fingerprint density at radius 1 is 1.53 bits per heavy atom. The number of halogens is 1. The molecule has 0 aromatic heterocycles. The second-order valence-electron chi connectivity index (χ2n) is 4.92. The molecule has 1 saturated heterocycles. The maximum Gasteiger partial charge on any atom is 0.128 e. The summed E-state index contributed by atoms with van der Waals surface area (Å²) in [6.07, 6.45) is 3.33. The van der Waals surface area contributed by atoms with E-state index in [0.717, 1.165) is 24.8 Å². The quantitative estimate of drug-likeness (QED) is 0.744. The average molecular weight is 206 g/mol. The van der Waals surface area contributed by atoms with E-state index in [1.54, 1.807) is 6.07 Å². The van der Waals surface area contributed by atoms with Crippen molar-refractivity contribution in [2.45, 2.75) is 44.7 Å². The highest BCUT2D eigenvalue weighted by molar-refractivity contribution is 5.21. The molecule has 0 saturated carbocycles. The Bertz CT molecular complexity index is 346. The van der Waals surface area contributed by atoms with E-state index in [9.17, 15) is 4.39 Å². The van der Waals surface area contributed by atoms with Gasteiger partial charge in [-0.2, -0.15) is 0 Å². The summed E-state index contributed by atoms with van der Waals surface area (Å²) in [5.41, 5.74) is 0.899. The molecule has 1 aromatic carbocycles. The van der Waals surface area contributed by atoms with Gasteiger partial charge in [0, 0.05) is 17.1 Å². The van der Waals surface area contributed by atoms with Gasteiger partial charge in [0.1, 0.15) is 5.82 Å². The van der Waals surface area contributed by atoms with Gasteiger partial charge in [-0.3, -0.25) is 0 Å². The lowest BCUT2D eigenvalue weighted by atomic mass is 9.86. The molecule has 2 heteroatoms. The minimum absolute atomic E-state index is 0.120. The van der Waals surface area contributed by atoms with E-state index in [1.807, 2.05) is 6.07 Å². The van der Waals surface area contributed by atoms with Crippen LogP contribution in [0.15, 0.2) is 18.2 Å². The summed E-state index contributed by atoms with van der Waals surface area (Å²) in [6.45, 7) is 4.35. The minimum Gasteiger partial charge on any atom is -0.305 e. The first kappa shape index (κ1) is 10.6. The van der Waals surface area contributed by atoms with Crippen molar-refractivity contribution in [3.05, 3.63) is 35.6 Å². The van der Waals surface area contributed by atoms with Crippen LogP contribution < -0.4 is 5.32 Å². The molecule has 2 rings (SSSR count). The molecule has 1 nitrogen and oxygen atoms in total. The standard InChI is InChI=1S/C13H17FN/c1-13(2)9-5-8-12(15-13)10-6-3-4-7-11(10)14/h3,6-7,12,15H,5,8-9H2,1-2H3. The fourth-order valence-corrected chi connectivity index (χ4v) is 2.30. The van der Waals surface area contributed by atoms with Crippen molar-refractivity contribution in [2.24, 2.45) is 0 Å². The predicted octanol–water partition coefficient (Wildman–Crippen LogP) is 3.22. The summed E-state index contributed by atoms with van der Waals surface area (Å²) < 4.78 is 13.6. The van der Waals surface area contributed by atoms with Crippen molar-refractivity contribution in [3.63, 3.8) is 0 Å². The van der Waals surface area contributed by atoms with Crippen molar-refractivity contribution < 1.29 is 4.39 Å². The minimum atomic E-state index is -0.146. The molecule has 0 aliphatic carbocycles. The smallest absolute Gasteiger partial charge is 0.128 e. The third-order valence-electron chi connectivity index (χ3n) is 3.08. The number of piperidine rings is 1. The zero-order valence-electron chi connectivity index (χ0n) is 9.31. The molecule has 1 atom stereocenters. The summed E-state index contributed by atoms with van der Waals surface area (Å²) in [6, 6.07) is 7.94. The first-order valence-corrected chi connectivity index (χ1v) is 5.52. The van der Waals surface area contributed by atoms with E-state index >= 15 is 0 Å². The zero-order valence-corrected chi connectivity index (χ0v) is 9.31. The van der Waals surface area contributed by atoms with E-state index < -0.39 is 0 Å². The van der Waals surface area contributed by atoms with Crippen LogP contribution >= 0.6 is 0 Å². The summed E-state index contributed by atoms with van der Waals surface area (Å²) >= 11 is 0. The van der Waals surface area contributed by atoms with Crippen molar-refractivity contribution in [1.82, 2.24) is 5.32 Å². The van der Waals surface area contributed by atoms with Gasteiger partial charge in [0.2, 0.25) is 0 Å². The molecule has 1 N–H and O–H groups in total. The van der Waals surface area contributed by atoms with Gasteiger partial charge in [-0.05, 0) is 45.2 Å². The van der Waals surface area contributed by atoms with E-state index in [1.165, 1.54) is 6.07 Å². The number of nitrogens with one attached hydrogen (secondary N) is 1. The van der Waals surface area contributed by atoms with Crippen LogP contribution in [0.3, 0.4) is 0 Å². The molecule has 0 bridgehead atoms. The molecule has 81 valence electrons. The second-order valence-corrected chi connectivity index (χ2v) is 4.92. The van der Waals surface area contributed by atoms with Crippen LogP contribution in [0.2, 0.25) is 0 Å². The largest absolute Gasteiger partial charge is 0.305 e. The van der Waals surface area contributed by atoms with Gasteiger partial charge in [-0.1, -0.05) is 12.1 Å². The van der Waals surface area contributed by atoms with Crippen LogP contribution in [0.4, 0.5) is 4.39 Å². The summed E-state index contributed by atoms with van der Waals surface area (Å²) in [7, 11) is 0. The van der Waals surface area contributed by atoms with Crippen LogP contribution in [0.25, 0.3) is 0 Å². The third-order valence-corrected chi connectivity index (χ3v) is 3.08. The van der Waals surface area contributed by atoms with E-state index in [2.05, 4.69) is 25.2 Å². The number of hydrogen-bond donors (Lipinski definition) is 1. The molecule has 15 heavy (non-hydrogen) atoms. The van der Waals surface area contributed by atoms with Crippen LogP contribution in [0.5, 0.6) is 0 Å². The Hall–Kier alpha value is -0.890. The molecule has 1 fully saturated rings. The molecule has 1 heterocycles. The topological polar surface area (TPSA) is 12.0 Å². The zero-order chi connectivity index (χ0) is 10.9.